The Kier molecular flexibility index (Phi) is 4.83. The van der Waals surface area contributed by atoms with Gasteiger partial charge in [0.2, 0.25) is 0 Å². The van der Waals surface area contributed by atoms with E-state index < -0.39 is 5.97 Å². The number of carbonyl (C=O) groups is 2. The van der Waals surface area contributed by atoms with Gasteiger partial charge in [0.15, 0.2) is 0 Å². The van der Waals surface area contributed by atoms with Crippen molar-refractivity contribution in [3.63, 3.8) is 0 Å². The Morgan fingerprint density at radius 3 is 2.41 bits per heavy atom. The molecule has 0 aliphatic rings. The van der Waals surface area contributed by atoms with Gasteiger partial charge in [0.25, 0.3) is 5.91 Å². The Hall–Kier alpha value is -2.33. The molecule has 2 aromatic carbocycles. The van der Waals surface area contributed by atoms with E-state index in [9.17, 15) is 9.59 Å². The van der Waals surface area contributed by atoms with Crippen molar-refractivity contribution < 1.29 is 14.3 Å². The van der Waals surface area contributed by atoms with Crippen LogP contribution < -0.4 is 5.32 Å². The van der Waals surface area contributed by atoms with Gasteiger partial charge in [-0.3, -0.25) is 4.79 Å². The van der Waals surface area contributed by atoms with Gasteiger partial charge >= 0.3 is 5.97 Å². The molecule has 0 aromatic heterocycles. The van der Waals surface area contributed by atoms with Crippen LogP contribution in [0.15, 0.2) is 36.4 Å². The van der Waals surface area contributed by atoms with Gasteiger partial charge in [-0.15, -0.1) is 0 Å². The molecule has 0 heterocycles. The number of aryl methyl sites for hydroxylation is 2. The van der Waals surface area contributed by atoms with E-state index in [-0.39, 0.29) is 16.5 Å². The highest BCUT2D eigenvalue weighted by atomic mass is 35.5. The lowest BCUT2D eigenvalue weighted by molar-refractivity contribution is 0.0600. The second-order valence-electron chi connectivity index (χ2n) is 4.96. The van der Waals surface area contributed by atoms with Gasteiger partial charge in [-0.05, 0) is 43.7 Å². The summed E-state index contributed by atoms with van der Waals surface area (Å²) in [6.45, 7) is 3.85. The molecule has 2 aromatic rings. The van der Waals surface area contributed by atoms with Crippen LogP contribution in [0.25, 0.3) is 0 Å². The Bertz CT molecular complexity index is 741. The molecule has 0 aliphatic heterocycles. The summed E-state index contributed by atoms with van der Waals surface area (Å²) < 4.78 is 4.66. The van der Waals surface area contributed by atoms with Gasteiger partial charge in [-0.25, -0.2) is 4.79 Å². The van der Waals surface area contributed by atoms with E-state index in [0.29, 0.717) is 11.3 Å². The number of amides is 1. The molecule has 0 radical (unpaired) electrons. The first-order chi connectivity index (χ1) is 10.4. The maximum Gasteiger partial charge on any atom is 0.339 e. The van der Waals surface area contributed by atoms with Crippen LogP contribution >= 0.6 is 11.6 Å². The summed E-state index contributed by atoms with van der Waals surface area (Å²) >= 11 is 5.95. The fraction of sp³-hybridized carbons (Fsp3) is 0.176. The van der Waals surface area contributed by atoms with E-state index in [2.05, 4.69) is 10.1 Å². The molecule has 4 nitrogen and oxygen atoms in total. The topological polar surface area (TPSA) is 55.4 Å². The first-order valence-electron chi connectivity index (χ1n) is 6.69. The van der Waals surface area contributed by atoms with Crippen LogP contribution in [-0.2, 0) is 4.74 Å². The number of esters is 1. The summed E-state index contributed by atoms with van der Waals surface area (Å²) in [6, 6.07) is 10.3. The zero-order chi connectivity index (χ0) is 16.3. The third-order valence-electron chi connectivity index (χ3n) is 3.26. The minimum absolute atomic E-state index is 0.211. The zero-order valence-electron chi connectivity index (χ0n) is 12.6. The number of ether oxygens (including phenoxy) is 1. The van der Waals surface area contributed by atoms with Crippen LogP contribution in [0.3, 0.4) is 0 Å². The van der Waals surface area contributed by atoms with Crippen molar-refractivity contribution in [1.82, 2.24) is 0 Å². The number of methoxy groups -OCH3 is 1. The van der Waals surface area contributed by atoms with Crippen LogP contribution in [0.1, 0.15) is 31.8 Å². The van der Waals surface area contributed by atoms with Gasteiger partial charge in [-0.1, -0.05) is 29.3 Å². The van der Waals surface area contributed by atoms with E-state index >= 15 is 0 Å². The summed E-state index contributed by atoms with van der Waals surface area (Å²) in [4.78, 5) is 23.9. The largest absolute Gasteiger partial charge is 0.465 e. The van der Waals surface area contributed by atoms with E-state index in [1.807, 2.05) is 26.0 Å². The summed E-state index contributed by atoms with van der Waals surface area (Å²) in [7, 11) is 1.28. The lowest BCUT2D eigenvalue weighted by Crippen LogP contribution is -2.14. The highest BCUT2D eigenvalue weighted by molar-refractivity contribution is 6.33. The van der Waals surface area contributed by atoms with E-state index in [1.54, 1.807) is 18.2 Å². The minimum Gasteiger partial charge on any atom is -0.465 e. The highest BCUT2D eigenvalue weighted by Crippen LogP contribution is 2.22. The Labute approximate surface area is 134 Å². The van der Waals surface area contributed by atoms with Crippen molar-refractivity contribution in [1.29, 1.82) is 0 Å². The number of rotatable bonds is 3. The summed E-state index contributed by atoms with van der Waals surface area (Å²) in [5.74, 6) is -0.789. The summed E-state index contributed by atoms with van der Waals surface area (Å²) in [6.07, 6.45) is 0. The van der Waals surface area contributed by atoms with Crippen molar-refractivity contribution in [2.75, 3.05) is 12.4 Å². The minimum atomic E-state index is -0.549. The lowest BCUT2D eigenvalue weighted by atomic mass is 10.1. The van der Waals surface area contributed by atoms with Crippen molar-refractivity contribution in [2.45, 2.75) is 13.8 Å². The van der Waals surface area contributed by atoms with Crippen LogP contribution in [0.2, 0.25) is 5.02 Å². The monoisotopic (exact) mass is 317 g/mol. The van der Waals surface area contributed by atoms with E-state index in [1.165, 1.54) is 13.2 Å². The summed E-state index contributed by atoms with van der Waals surface area (Å²) in [5.41, 5.74) is 3.26. The molecule has 2 rings (SSSR count). The number of hydrogen-bond acceptors (Lipinski definition) is 3. The van der Waals surface area contributed by atoms with Crippen LogP contribution in [0, 0.1) is 13.8 Å². The zero-order valence-corrected chi connectivity index (χ0v) is 13.3. The summed E-state index contributed by atoms with van der Waals surface area (Å²) in [5, 5.41) is 3.03. The fourth-order valence-electron chi connectivity index (χ4n) is 2.14. The predicted molar refractivity (Wildman–Crippen MR) is 86.7 cm³/mol. The number of halogens is 1. The molecule has 0 saturated carbocycles. The molecule has 0 saturated heterocycles. The normalized spacial score (nSPS) is 10.2. The smallest absolute Gasteiger partial charge is 0.339 e. The third-order valence-corrected chi connectivity index (χ3v) is 3.59. The molecular formula is C17H16ClNO3. The second kappa shape index (κ2) is 6.62. The van der Waals surface area contributed by atoms with Gasteiger partial charge in [0, 0.05) is 11.3 Å². The quantitative estimate of drug-likeness (QED) is 0.871. The Morgan fingerprint density at radius 2 is 1.77 bits per heavy atom. The second-order valence-corrected chi connectivity index (χ2v) is 5.37. The molecule has 0 bridgehead atoms. The molecule has 0 atom stereocenters. The molecular weight excluding hydrogens is 302 g/mol. The van der Waals surface area contributed by atoms with Crippen LogP contribution in [0.4, 0.5) is 5.69 Å². The highest BCUT2D eigenvalue weighted by Gasteiger charge is 2.14. The number of carbonyl (C=O) groups excluding carboxylic acids is 2. The number of benzene rings is 2. The molecule has 22 heavy (non-hydrogen) atoms. The molecule has 0 fully saturated rings. The van der Waals surface area contributed by atoms with Crippen molar-refractivity contribution in [2.24, 2.45) is 0 Å². The molecule has 1 amide bonds. The van der Waals surface area contributed by atoms with Gasteiger partial charge in [0.05, 0.1) is 17.7 Å². The lowest BCUT2D eigenvalue weighted by Gasteiger charge is -2.10. The van der Waals surface area contributed by atoms with Gasteiger partial charge in [0.1, 0.15) is 0 Å². The fourth-order valence-corrected chi connectivity index (χ4v) is 2.33. The van der Waals surface area contributed by atoms with Crippen molar-refractivity contribution >= 4 is 29.2 Å². The Morgan fingerprint density at radius 1 is 1.05 bits per heavy atom. The number of anilines is 1. The molecule has 0 unspecified atom stereocenters. The van der Waals surface area contributed by atoms with Crippen molar-refractivity contribution in [3.05, 3.63) is 63.7 Å². The van der Waals surface area contributed by atoms with Gasteiger partial charge < -0.3 is 10.1 Å². The molecule has 0 spiro atoms. The van der Waals surface area contributed by atoms with Gasteiger partial charge in [-0.2, -0.15) is 0 Å². The van der Waals surface area contributed by atoms with E-state index in [4.69, 9.17) is 11.6 Å². The molecule has 0 aliphatic carbocycles. The van der Waals surface area contributed by atoms with E-state index in [0.717, 1.165) is 11.1 Å². The number of hydrogen-bond donors (Lipinski definition) is 1. The molecule has 5 heteroatoms. The number of nitrogens with one attached hydrogen (secondary N) is 1. The predicted octanol–water partition coefficient (Wildman–Crippen LogP) is 4.00. The van der Waals surface area contributed by atoms with Crippen LogP contribution in [-0.4, -0.2) is 19.0 Å². The maximum atomic E-state index is 12.3. The van der Waals surface area contributed by atoms with Crippen LogP contribution in [0.5, 0.6) is 0 Å². The first kappa shape index (κ1) is 16.0. The average molecular weight is 318 g/mol. The first-order valence-corrected chi connectivity index (χ1v) is 7.06. The molecule has 1 N–H and O–H groups in total. The van der Waals surface area contributed by atoms with Crippen molar-refractivity contribution in [3.8, 4) is 0 Å². The molecule has 114 valence electrons. The Balaban J connectivity index is 2.27. The standard InChI is InChI=1S/C17H16ClNO3/c1-10-4-6-13(11(2)8-10)16(20)19-12-5-7-15(18)14(9-12)17(21)22-3/h4-9H,1-3H3,(H,19,20). The average Bonchev–Trinajstić information content (AvgIpc) is 2.48. The maximum absolute atomic E-state index is 12.3. The third kappa shape index (κ3) is 3.46. The SMILES string of the molecule is COC(=O)c1cc(NC(=O)c2ccc(C)cc2C)ccc1Cl.